The lowest BCUT2D eigenvalue weighted by atomic mass is 10.1. The van der Waals surface area contributed by atoms with E-state index in [0.717, 1.165) is 5.56 Å². The van der Waals surface area contributed by atoms with Gasteiger partial charge in [-0.2, -0.15) is 0 Å². The second-order valence-electron chi connectivity index (χ2n) is 2.34. The Morgan fingerprint density at radius 1 is 1.45 bits per heavy atom. The lowest BCUT2D eigenvalue weighted by molar-refractivity contribution is 0.185. The third kappa shape index (κ3) is 1.92. The van der Waals surface area contributed by atoms with Gasteiger partial charge in [0.25, 0.3) is 0 Å². The molecule has 1 aromatic rings. The molecule has 0 aromatic heterocycles. The summed E-state index contributed by atoms with van der Waals surface area (Å²) in [5.74, 6) is 0. The maximum Gasteiger partial charge on any atom is 0.0718 e. The van der Waals surface area contributed by atoms with Gasteiger partial charge in [-0.15, -0.1) is 0 Å². The highest BCUT2D eigenvalue weighted by molar-refractivity contribution is 5.51. The fourth-order valence-corrected chi connectivity index (χ4v) is 1.02. The number of hydrogen-bond donors (Lipinski definition) is 0. The minimum absolute atomic E-state index is 0.655. The molecule has 0 unspecified atom stereocenters. The van der Waals surface area contributed by atoms with Crippen molar-refractivity contribution in [1.29, 1.82) is 0 Å². The van der Waals surface area contributed by atoms with Crippen LogP contribution < -0.4 is 0 Å². The van der Waals surface area contributed by atoms with Crippen LogP contribution in [0.1, 0.15) is 11.1 Å². The van der Waals surface area contributed by atoms with E-state index >= 15 is 0 Å². The largest absolute Gasteiger partial charge is 0.380 e. The minimum Gasteiger partial charge on any atom is -0.380 e. The molecule has 0 aliphatic carbocycles. The lowest BCUT2D eigenvalue weighted by Crippen LogP contribution is -1.89. The molecule has 0 radical (unpaired) electrons. The first kappa shape index (κ1) is 8.02. The predicted molar refractivity (Wildman–Crippen MR) is 47.2 cm³/mol. The van der Waals surface area contributed by atoms with E-state index in [9.17, 15) is 0 Å². The summed E-state index contributed by atoms with van der Waals surface area (Å²) in [5.41, 5.74) is 2.33. The highest BCUT2D eigenvalue weighted by Gasteiger charge is 1.94. The van der Waals surface area contributed by atoms with Crippen LogP contribution in [0.15, 0.2) is 30.8 Å². The molecule has 0 saturated carbocycles. The number of ether oxygens (including phenoxy) is 1. The quantitative estimate of drug-likeness (QED) is 0.639. The molecule has 0 saturated heterocycles. The van der Waals surface area contributed by atoms with Crippen molar-refractivity contribution in [3.8, 4) is 0 Å². The van der Waals surface area contributed by atoms with E-state index in [1.54, 1.807) is 7.11 Å². The van der Waals surface area contributed by atoms with E-state index in [4.69, 9.17) is 4.74 Å². The fourth-order valence-electron chi connectivity index (χ4n) is 1.02. The Kier molecular flexibility index (Phi) is 2.87. The Balaban J connectivity index is 2.92. The van der Waals surface area contributed by atoms with Crippen molar-refractivity contribution in [2.45, 2.75) is 6.61 Å². The third-order valence-electron chi connectivity index (χ3n) is 1.57. The van der Waals surface area contributed by atoms with E-state index in [-0.39, 0.29) is 0 Å². The van der Waals surface area contributed by atoms with Gasteiger partial charge in [-0.05, 0) is 11.1 Å². The first-order valence-corrected chi connectivity index (χ1v) is 3.57. The van der Waals surface area contributed by atoms with Gasteiger partial charge < -0.3 is 4.74 Å². The molecule has 1 aromatic carbocycles. The van der Waals surface area contributed by atoms with Gasteiger partial charge in [0.2, 0.25) is 0 Å². The molecule has 1 heteroatoms. The summed E-state index contributed by atoms with van der Waals surface area (Å²) < 4.78 is 5.02. The van der Waals surface area contributed by atoms with Crippen molar-refractivity contribution in [2.75, 3.05) is 7.11 Å². The van der Waals surface area contributed by atoms with Crippen LogP contribution in [0, 0.1) is 0 Å². The van der Waals surface area contributed by atoms with Crippen LogP contribution in [0.4, 0.5) is 0 Å². The summed E-state index contributed by atoms with van der Waals surface area (Å²) in [6.07, 6.45) is 1.84. The van der Waals surface area contributed by atoms with Crippen molar-refractivity contribution in [1.82, 2.24) is 0 Å². The van der Waals surface area contributed by atoms with E-state index in [1.165, 1.54) is 5.56 Å². The summed E-state index contributed by atoms with van der Waals surface area (Å²) in [6.45, 7) is 4.37. The zero-order valence-electron chi connectivity index (χ0n) is 6.71. The summed E-state index contributed by atoms with van der Waals surface area (Å²) in [6, 6.07) is 8.07. The van der Waals surface area contributed by atoms with E-state index < -0.39 is 0 Å². The topological polar surface area (TPSA) is 9.23 Å². The average Bonchev–Trinajstić information content (AvgIpc) is 2.06. The fraction of sp³-hybridized carbons (Fsp3) is 0.200. The van der Waals surface area contributed by atoms with E-state index in [2.05, 4.69) is 6.58 Å². The molecule has 58 valence electrons. The number of benzene rings is 1. The van der Waals surface area contributed by atoms with Crippen LogP contribution in [0.2, 0.25) is 0 Å². The van der Waals surface area contributed by atoms with Crippen LogP contribution in [-0.4, -0.2) is 7.11 Å². The Hall–Kier alpha value is -1.08. The summed E-state index contributed by atoms with van der Waals surface area (Å²) >= 11 is 0. The summed E-state index contributed by atoms with van der Waals surface area (Å²) in [4.78, 5) is 0. The second kappa shape index (κ2) is 3.94. The highest BCUT2D eigenvalue weighted by Crippen LogP contribution is 2.10. The van der Waals surface area contributed by atoms with Gasteiger partial charge in [0.1, 0.15) is 0 Å². The third-order valence-corrected chi connectivity index (χ3v) is 1.57. The summed E-state index contributed by atoms with van der Waals surface area (Å²) in [5, 5.41) is 0. The van der Waals surface area contributed by atoms with Gasteiger partial charge in [-0.3, -0.25) is 0 Å². The standard InChI is InChI=1S/C10H12O/c1-3-9-6-4-5-7-10(9)8-11-2/h3-7H,1,8H2,2H3. The molecule has 0 amide bonds. The summed E-state index contributed by atoms with van der Waals surface area (Å²) in [7, 11) is 1.69. The number of methoxy groups -OCH3 is 1. The molecular weight excluding hydrogens is 136 g/mol. The van der Waals surface area contributed by atoms with Gasteiger partial charge in [0.05, 0.1) is 6.61 Å². The average molecular weight is 148 g/mol. The van der Waals surface area contributed by atoms with Crippen LogP contribution in [0.5, 0.6) is 0 Å². The molecule has 0 heterocycles. The van der Waals surface area contributed by atoms with Crippen molar-refractivity contribution in [3.63, 3.8) is 0 Å². The molecule has 1 rings (SSSR count). The number of rotatable bonds is 3. The van der Waals surface area contributed by atoms with Crippen LogP contribution in [0.25, 0.3) is 6.08 Å². The molecule has 0 aliphatic rings. The van der Waals surface area contributed by atoms with Crippen molar-refractivity contribution in [2.24, 2.45) is 0 Å². The van der Waals surface area contributed by atoms with Crippen molar-refractivity contribution in [3.05, 3.63) is 42.0 Å². The molecular formula is C10H12O. The highest BCUT2D eigenvalue weighted by atomic mass is 16.5. The Morgan fingerprint density at radius 2 is 2.18 bits per heavy atom. The first-order valence-electron chi connectivity index (χ1n) is 3.57. The molecule has 0 fully saturated rings. The zero-order valence-corrected chi connectivity index (χ0v) is 6.71. The van der Waals surface area contributed by atoms with Crippen molar-refractivity contribution >= 4 is 6.08 Å². The minimum atomic E-state index is 0.655. The van der Waals surface area contributed by atoms with E-state index in [1.807, 2.05) is 30.3 Å². The van der Waals surface area contributed by atoms with Crippen molar-refractivity contribution < 1.29 is 4.74 Å². The normalized spacial score (nSPS) is 9.55. The van der Waals surface area contributed by atoms with Crippen LogP contribution in [0.3, 0.4) is 0 Å². The molecule has 0 aliphatic heterocycles. The van der Waals surface area contributed by atoms with Gasteiger partial charge >= 0.3 is 0 Å². The smallest absolute Gasteiger partial charge is 0.0718 e. The Morgan fingerprint density at radius 3 is 2.82 bits per heavy atom. The SMILES string of the molecule is C=Cc1ccccc1COC. The molecule has 1 nitrogen and oxygen atoms in total. The monoisotopic (exact) mass is 148 g/mol. The van der Waals surface area contributed by atoms with Crippen LogP contribution in [-0.2, 0) is 11.3 Å². The first-order chi connectivity index (χ1) is 5.38. The Labute approximate surface area is 67.3 Å². The van der Waals surface area contributed by atoms with Gasteiger partial charge in [0, 0.05) is 7.11 Å². The number of hydrogen-bond acceptors (Lipinski definition) is 1. The molecule has 0 spiro atoms. The predicted octanol–water partition coefficient (Wildman–Crippen LogP) is 2.48. The van der Waals surface area contributed by atoms with Gasteiger partial charge in [-0.25, -0.2) is 0 Å². The van der Waals surface area contributed by atoms with Gasteiger partial charge in [-0.1, -0.05) is 36.9 Å². The molecule has 0 atom stereocenters. The maximum absolute atomic E-state index is 5.02. The van der Waals surface area contributed by atoms with Gasteiger partial charge in [0.15, 0.2) is 0 Å². The Bertz CT molecular complexity index is 240. The molecule has 0 N–H and O–H groups in total. The molecule has 0 bridgehead atoms. The lowest BCUT2D eigenvalue weighted by Gasteiger charge is -2.02. The van der Waals surface area contributed by atoms with E-state index in [0.29, 0.717) is 6.61 Å². The second-order valence-corrected chi connectivity index (χ2v) is 2.34. The molecule has 11 heavy (non-hydrogen) atoms. The van der Waals surface area contributed by atoms with Crippen LogP contribution >= 0.6 is 0 Å². The maximum atomic E-state index is 5.02. The zero-order chi connectivity index (χ0) is 8.10.